The molecule has 0 saturated heterocycles. The molecule has 0 aliphatic rings. The van der Waals surface area contributed by atoms with Crippen molar-refractivity contribution >= 4 is 21.6 Å². The number of aryl methyl sites for hydroxylation is 1. The monoisotopic (exact) mass is 388 g/mol. The second-order valence-corrected chi connectivity index (χ2v) is 9.18. The summed E-state index contributed by atoms with van der Waals surface area (Å²) in [6.07, 6.45) is 1.89. The average Bonchev–Trinajstić information content (AvgIpc) is 2.58. The molecule has 1 amide bonds. The fourth-order valence-corrected chi connectivity index (χ4v) is 3.84. The van der Waals surface area contributed by atoms with E-state index in [1.807, 2.05) is 43.3 Å². The summed E-state index contributed by atoms with van der Waals surface area (Å²) in [5.74, 6) is 0.0646. The van der Waals surface area contributed by atoms with Crippen LogP contribution in [0.5, 0.6) is 0 Å². The number of benzene rings is 2. The predicted octanol–water partition coefficient (Wildman–Crippen LogP) is 3.66. The first-order valence-corrected chi connectivity index (χ1v) is 10.9. The molecule has 0 unspecified atom stereocenters. The van der Waals surface area contributed by atoms with Crippen LogP contribution in [0.15, 0.2) is 54.6 Å². The number of hydrogen-bond acceptors (Lipinski definition) is 3. The molecule has 1 atom stereocenters. The van der Waals surface area contributed by atoms with E-state index in [1.54, 1.807) is 18.2 Å². The van der Waals surface area contributed by atoms with Gasteiger partial charge in [0, 0.05) is 0 Å². The summed E-state index contributed by atoms with van der Waals surface area (Å²) in [7, 11) is -3.58. The molecule has 0 bridgehead atoms. The van der Waals surface area contributed by atoms with Crippen LogP contribution >= 0.6 is 0 Å². The zero-order valence-electron chi connectivity index (χ0n) is 16.3. The van der Waals surface area contributed by atoms with Gasteiger partial charge in [-0.15, -0.1) is 0 Å². The molecule has 2 aromatic rings. The number of rotatable bonds is 8. The molecule has 0 radical (unpaired) electrons. The molecule has 2 aromatic carbocycles. The molecule has 146 valence electrons. The van der Waals surface area contributed by atoms with E-state index in [2.05, 4.69) is 19.2 Å². The van der Waals surface area contributed by atoms with Crippen molar-refractivity contribution < 1.29 is 13.2 Å². The minimum atomic E-state index is -3.58. The summed E-state index contributed by atoms with van der Waals surface area (Å²) in [5, 5.41) is 3.01. The van der Waals surface area contributed by atoms with Crippen LogP contribution in [0.3, 0.4) is 0 Å². The van der Waals surface area contributed by atoms with Crippen LogP contribution < -0.4 is 9.62 Å². The molecule has 0 spiro atoms. The second-order valence-electron chi connectivity index (χ2n) is 7.27. The zero-order valence-corrected chi connectivity index (χ0v) is 17.2. The molecule has 6 heteroatoms. The minimum Gasteiger partial charge on any atom is -0.348 e. The Morgan fingerprint density at radius 2 is 1.74 bits per heavy atom. The Morgan fingerprint density at radius 3 is 2.30 bits per heavy atom. The number of nitrogens with one attached hydrogen (secondary N) is 1. The first-order valence-electron chi connectivity index (χ1n) is 9.05. The van der Waals surface area contributed by atoms with Crippen LogP contribution in [-0.2, 0) is 14.8 Å². The summed E-state index contributed by atoms with van der Waals surface area (Å²) >= 11 is 0. The highest BCUT2D eigenvalue weighted by Crippen LogP contribution is 2.22. The molecular formula is C21H28N2O3S. The van der Waals surface area contributed by atoms with Gasteiger partial charge in [0.15, 0.2) is 0 Å². The maximum Gasteiger partial charge on any atom is 0.241 e. The molecule has 0 saturated carbocycles. The Bertz CT molecular complexity index is 864. The molecule has 2 rings (SSSR count). The van der Waals surface area contributed by atoms with E-state index >= 15 is 0 Å². The highest BCUT2D eigenvalue weighted by atomic mass is 32.2. The molecule has 0 aromatic heterocycles. The number of hydrogen-bond donors (Lipinski definition) is 1. The highest BCUT2D eigenvalue weighted by molar-refractivity contribution is 7.92. The Hall–Kier alpha value is -2.34. The van der Waals surface area contributed by atoms with Gasteiger partial charge in [-0.05, 0) is 42.5 Å². The normalized spacial score (nSPS) is 12.6. The van der Waals surface area contributed by atoms with E-state index in [0.717, 1.165) is 28.1 Å². The van der Waals surface area contributed by atoms with Crippen LogP contribution in [0.2, 0.25) is 0 Å². The topological polar surface area (TPSA) is 66.5 Å². The number of anilines is 1. The predicted molar refractivity (Wildman–Crippen MR) is 110 cm³/mol. The van der Waals surface area contributed by atoms with Gasteiger partial charge in [0.05, 0.1) is 18.0 Å². The molecule has 1 N–H and O–H groups in total. The number of carbonyl (C=O) groups excluding carboxylic acids is 1. The van der Waals surface area contributed by atoms with Gasteiger partial charge in [-0.2, -0.15) is 0 Å². The van der Waals surface area contributed by atoms with Crippen LogP contribution in [0, 0.1) is 12.8 Å². The van der Waals surface area contributed by atoms with Gasteiger partial charge in [0.1, 0.15) is 6.54 Å². The lowest BCUT2D eigenvalue weighted by Crippen LogP contribution is -2.41. The van der Waals surface area contributed by atoms with Gasteiger partial charge in [0.2, 0.25) is 15.9 Å². The van der Waals surface area contributed by atoms with Gasteiger partial charge < -0.3 is 5.32 Å². The first-order chi connectivity index (χ1) is 12.7. The number of nitrogens with zero attached hydrogens (tertiary/aromatic N) is 1. The summed E-state index contributed by atoms with van der Waals surface area (Å²) in [4.78, 5) is 12.7. The maximum absolute atomic E-state index is 12.7. The van der Waals surface area contributed by atoms with Crippen molar-refractivity contribution in [3.05, 3.63) is 65.7 Å². The zero-order chi connectivity index (χ0) is 20.0. The fourth-order valence-electron chi connectivity index (χ4n) is 2.99. The van der Waals surface area contributed by atoms with E-state index in [4.69, 9.17) is 0 Å². The third kappa shape index (κ3) is 6.40. The largest absolute Gasteiger partial charge is 0.348 e. The Labute approximate surface area is 162 Å². The Kier molecular flexibility index (Phi) is 7.02. The molecule has 0 fully saturated rings. The summed E-state index contributed by atoms with van der Waals surface area (Å²) in [6.45, 7) is 5.83. The number of sulfonamides is 1. The van der Waals surface area contributed by atoms with Crippen molar-refractivity contribution in [2.75, 3.05) is 17.1 Å². The van der Waals surface area contributed by atoms with Crippen molar-refractivity contribution in [2.45, 2.75) is 33.2 Å². The SMILES string of the molecule is Cc1cccc(N(CC(=O)N[C@@H](CC(C)C)c2ccccc2)S(C)(=O)=O)c1. The molecule has 27 heavy (non-hydrogen) atoms. The average molecular weight is 389 g/mol. The van der Waals surface area contributed by atoms with Gasteiger partial charge in [0.25, 0.3) is 0 Å². The van der Waals surface area contributed by atoms with Crippen LogP contribution in [0.25, 0.3) is 0 Å². The number of amides is 1. The fraction of sp³-hybridized carbons (Fsp3) is 0.381. The van der Waals surface area contributed by atoms with Crippen LogP contribution in [0.4, 0.5) is 5.69 Å². The van der Waals surface area contributed by atoms with Crippen molar-refractivity contribution in [3.63, 3.8) is 0 Å². The lowest BCUT2D eigenvalue weighted by atomic mass is 9.97. The summed E-state index contributed by atoms with van der Waals surface area (Å²) in [5.41, 5.74) is 2.44. The maximum atomic E-state index is 12.7. The van der Waals surface area contributed by atoms with E-state index in [-0.39, 0.29) is 18.5 Å². The van der Waals surface area contributed by atoms with E-state index in [0.29, 0.717) is 11.6 Å². The van der Waals surface area contributed by atoms with E-state index in [9.17, 15) is 13.2 Å². The molecule has 5 nitrogen and oxygen atoms in total. The molecular weight excluding hydrogens is 360 g/mol. The highest BCUT2D eigenvalue weighted by Gasteiger charge is 2.23. The Balaban J connectivity index is 2.21. The smallest absolute Gasteiger partial charge is 0.241 e. The molecule has 0 heterocycles. The molecule has 0 aliphatic carbocycles. The molecule has 0 aliphatic heterocycles. The lowest BCUT2D eigenvalue weighted by Gasteiger charge is -2.25. The van der Waals surface area contributed by atoms with Gasteiger partial charge in [-0.1, -0.05) is 56.3 Å². The first kappa shape index (κ1) is 21.0. The quantitative estimate of drug-likeness (QED) is 0.750. The Morgan fingerprint density at radius 1 is 1.07 bits per heavy atom. The third-order valence-corrected chi connectivity index (χ3v) is 5.36. The van der Waals surface area contributed by atoms with E-state index < -0.39 is 10.0 Å². The van der Waals surface area contributed by atoms with Gasteiger partial charge in [-0.25, -0.2) is 8.42 Å². The van der Waals surface area contributed by atoms with Gasteiger partial charge in [-0.3, -0.25) is 9.10 Å². The lowest BCUT2D eigenvalue weighted by molar-refractivity contribution is -0.120. The summed E-state index contributed by atoms with van der Waals surface area (Å²) < 4.78 is 25.7. The van der Waals surface area contributed by atoms with Crippen molar-refractivity contribution in [1.82, 2.24) is 5.32 Å². The van der Waals surface area contributed by atoms with Crippen molar-refractivity contribution in [3.8, 4) is 0 Å². The van der Waals surface area contributed by atoms with Crippen molar-refractivity contribution in [1.29, 1.82) is 0 Å². The van der Waals surface area contributed by atoms with Crippen LogP contribution in [-0.4, -0.2) is 27.1 Å². The van der Waals surface area contributed by atoms with Crippen LogP contribution in [0.1, 0.15) is 37.4 Å². The third-order valence-electron chi connectivity index (χ3n) is 4.22. The van der Waals surface area contributed by atoms with Gasteiger partial charge >= 0.3 is 0 Å². The number of carbonyl (C=O) groups is 1. The van der Waals surface area contributed by atoms with Crippen molar-refractivity contribution in [2.24, 2.45) is 5.92 Å². The summed E-state index contributed by atoms with van der Waals surface area (Å²) in [6, 6.07) is 16.7. The second kappa shape index (κ2) is 9.04. The van der Waals surface area contributed by atoms with E-state index in [1.165, 1.54) is 0 Å². The minimum absolute atomic E-state index is 0.155. The standard InChI is InChI=1S/C21H28N2O3S/c1-16(2)13-20(18-10-6-5-7-11-18)22-21(24)15-23(27(4,25)26)19-12-8-9-17(3)14-19/h5-12,14,16,20H,13,15H2,1-4H3,(H,22,24)/t20-/m0/s1.